The van der Waals surface area contributed by atoms with Crippen molar-refractivity contribution in [1.29, 1.82) is 0 Å². The molecule has 0 fully saturated rings. The van der Waals surface area contributed by atoms with Gasteiger partial charge in [0.05, 0.1) is 0 Å². The highest BCUT2D eigenvalue weighted by molar-refractivity contribution is 9.11. The smallest absolute Gasteiger partial charge is 0.344 e. The minimum Gasteiger partial charge on any atom is -0.479 e. The van der Waals surface area contributed by atoms with E-state index < -0.39 is 12.1 Å². The summed E-state index contributed by atoms with van der Waals surface area (Å²) in [7, 11) is 0. The van der Waals surface area contributed by atoms with Gasteiger partial charge in [0.25, 0.3) is 0 Å². The van der Waals surface area contributed by atoms with Crippen molar-refractivity contribution in [2.24, 2.45) is 0 Å². The molecule has 0 saturated heterocycles. The monoisotopic (exact) mass is 431 g/mol. The molecule has 0 radical (unpaired) electrons. The molecule has 0 aliphatic carbocycles. The van der Waals surface area contributed by atoms with Crippen LogP contribution in [-0.4, -0.2) is 22.2 Å². The van der Waals surface area contributed by atoms with Crippen LogP contribution in [0, 0.1) is 0 Å². The van der Waals surface area contributed by atoms with E-state index in [1.165, 1.54) is 6.92 Å². The molecule has 0 aliphatic rings. The maximum absolute atomic E-state index is 10.7. The standard InChI is InChI=1S/C14H11Br2NO3S/c1-8(14(18)19)20-9-2-4-10(5-3-9)21-11-6-12(15)17-13(16)7-11/h2-8H,1H3,(H,18,19). The molecule has 2 aromatic rings. The highest BCUT2D eigenvalue weighted by atomic mass is 79.9. The van der Waals surface area contributed by atoms with Gasteiger partial charge in [-0.2, -0.15) is 0 Å². The van der Waals surface area contributed by atoms with Gasteiger partial charge in [0.1, 0.15) is 15.0 Å². The van der Waals surface area contributed by atoms with E-state index in [9.17, 15) is 4.79 Å². The lowest BCUT2D eigenvalue weighted by molar-refractivity contribution is -0.144. The Labute approximate surface area is 143 Å². The zero-order chi connectivity index (χ0) is 15.4. The third kappa shape index (κ3) is 5.01. The molecule has 1 unspecified atom stereocenters. The quantitative estimate of drug-likeness (QED) is 0.699. The number of hydrogen-bond acceptors (Lipinski definition) is 4. The minimum atomic E-state index is -0.986. The van der Waals surface area contributed by atoms with Crippen molar-refractivity contribution < 1.29 is 14.6 Å². The van der Waals surface area contributed by atoms with E-state index in [1.54, 1.807) is 23.9 Å². The van der Waals surface area contributed by atoms with Gasteiger partial charge in [-0.25, -0.2) is 9.78 Å². The van der Waals surface area contributed by atoms with E-state index in [0.29, 0.717) is 5.75 Å². The summed E-state index contributed by atoms with van der Waals surface area (Å²) in [6, 6.07) is 11.1. The first-order valence-corrected chi connectivity index (χ1v) is 8.35. The van der Waals surface area contributed by atoms with Crippen LogP contribution in [0.15, 0.2) is 55.4 Å². The summed E-state index contributed by atoms with van der Waals surface area (Å²) >= 11 is 8.28. The van der Waals surface area contributed by atoms with Gasteiger partial charge in [-0.05, 0) is 75.2 Å². The Morgan fingerprint density at radius 3 is 2.29 bits per heavy atom. The molecule has 1 aromatic heterocycles. The third-order valence-electron chi connectivity index (χ3n) is 2.46. The van der Waals surface area contributed by atoms with E-state index >= 15 is 0 Å². The number of carboxylic acids is 1. The molecule has 2 rings (SSSR count). The van der Waals surface area contributed by atoms with Crippen molar-refractivity contribution in [3.8, 4) is 5.75 Å². The fourth-order valence-corrected chi connectivity index (χ4v) is 3.78. The first kappa shape index (κ1) is 16.3. The molecule has 1 aromatic carbocycles. The molecule has 110 valence electrons. The van der Waals surface area contributed by atoms with E-state index in [0.717, 1.165) is 19.0 Å². The predicted octanol–water partition coefficient (Wildman–Crippen LogP) is 4.61. The lowest BCUT2D eigenvalue weighted by Crippen LogP contribution is -2.22. The Bertz CT molecular complexity index is 629. The predicted molar refractivity (Wildman–Crippen MR) is 87.9 cm³/mol. The lowest BCUT2D eigenvalue weighted by atomic mass is 10.3. The topological polar surface area (TPSA) is 59.4 Å². The second-order valence-corrected chi connectivity index (χ2v) is 6.89. The number of hydrogen-bond donors (Lipinski definition) is 1. The van der Waals surface area contributed by atoms with Crippen LogP contribution in [-0.2, 0) is 4.79 Å². The van der Waals surface area contributed by atoms with Crippen molar-refractivity contribution in [3.63, 3.8) is 0 Å². The van der Waals surface area contributed by atoms with Crippen LogP contribution < -0.4 is 4.74 Å². The molecular formula is C14H11Br2NO3S. The lowest BCUT2D eigenvalue weighted by Gasteiger charge is -2.10. The number of rotatable bonds is 5. The summed E-state index contributed by atoms with van der Waals surface area (Å²) in [5.74, 6) is -0.453. The largest absolute Gasteiger partial charge is 0.479 e. The summed E-state index contributed by atoms with van der Waals surface area (Å²) in [5.41, 5.74) is 0. The van der Waals surface area contributed by atoms with Gasteiger partial charge in [0.15, 0.2) is 6.10 Å². The fourth-order valence-electron chi connectivity index (χ4n) is 1.48. The SMILES string of the molecule is CC(Oc1ccc(Sc2cc(Br)nc(Br)c2)cc1)C(=O)O. The molecule has 0 spiro atoms. The van der Waals surface area contributed by atoms with Crippen LogP contribution in [0.4, 0.5) is 0 Å². The van der Waals surface area contributed by atoms with E-state index in [2.05, 4.69) is 36.8 Å². The van der Waals surface area contributed by atoms with Crippen molar-refractivity contribution in [2.45, 2.75) is 22.8 Å². The first-order chi connectivity index (χ1) is 9.94. The van der Waals surface area contributed by atoms with E-state index in [-0.39, 0.29) is 0 Å². The molecule has 4 nitrogen and oxygen atoms in total. The Balaban J connectivity index is 2.07. The van der Waals surface area contributed by atoms with Gasteiger partial charge >= 0.3 is 5.97 Å². The number of ether oxygens (including phenoxy) is 1. The number of benzene rings is 1. The van der Waals surface area contributed by atoms with Crippen LogP contribution >= 0.6 is 43.6 Å². The molecule has 1 heterocycles. The van der Waals surface area contributed by atoms with Crippen molar-refractivity contribution in [2.75, 3.05) is 0 Å². The minimum absolute atomic E-state index is 0.534. The molecular weight excluding hydrogens is 422 g/mol. The summed E-state index contributed by atoms with van der Waals surface area (Å²) in [4.78, 5) is 17.0. The zero-order valence-electron chi connectivity index (χ0n) is 10.9. The summed E-state index contributed by atoms with van der Waals surface area (Å²) < 4.78 is 6.80. The van der Waals surface area contributed by atoms with Crippen LogP contribution in [0.2, 0.25) is 0 Å². The Hall–Kier alpha value is -1.05. The van der Waals surface area contributed by atoms with Crippen LogP contribution in [0.1, 0.15) is 6.92 Å². The van der Waals surface area contributed by atoms with Crippen molar-refractivity contribution in [1.82, 2.24) is 4.98 Å². The fraction of sp³-hybridized carbons (Fsp3) is 0.143. The zero-order valence-corrected chi connectivity index (χ0v) is 14.9. The summed E-state index contributed by atoms with van der Waals surface area (Å²) in [6.07, 6.45) is -0.865. The van der Waals surface area contributed by atoms with E-state index in [1.807, 2.05) is 24.3 Å². The molecule has 1 atom stereocenters. The van der Waals surface area contributed by atoms with Gasteiger partial charge in [-0.15, -0.1) is 0 Å². The Morgan fingerprint density at radius 1 is 1.19 bits per heavy atom. The maximum atomic E-state index is 10.7. The van der Waals surface area contributed by atoms with Crippen LogP contribution in [0.25, 0.3) is 0 Å². The Kier molecular flexibility index (Phi) is 5.66. The van der Waals surface area contributed by atoms with Gasteiger partial charge < -0.3 is 9.84 Å². The second-order valence-electron chi connectivity index (χ2n) is 4.12. The van der Waals surface area contributed by atoms with E-state index in [4.69, 9.17) is 9.84 Å². The highest BCUT2D eigenvalue weighted by Crippen LogP contribution is 2.31. The highest BCUT2D eigenvalue weighted by Gasteiger charge is 2.12. The molecule has 1 N–H and O–H groups in total. The number of aliphatic carboxylic acids is 1. The second kappa shape index (κ2) is 7.29. The normalized spacial score (nSPS) is 12.0. The number of halogens is 2. The first-order valence-electron chi connectivity index (χ1n) is 5.94. The maximum Gasteiger partial charge on any atom is 0.344 e. The van der Waals surface area contributed by atoms with Crippen LogP contribution in [0.3, 0.4) is 0 Å². The van der Waals surface area contributed by atoms with Gasteiger partial charge in [-0.1, -0.05) is 11.8 Å². The average molecular weight is 433 g/mol. The summed E-state index contributed by atoms with van der Waals surface area (Å²) in [6.45, 7) is 1.50. The molecule has 0 amide bonds. The third-order valence-corrected chi connectivity index (χ3v) is 4.25. The van der Waals surface area contributed by atoms with Gasteiger partial charge in [-0.3, -0.25) is 0 Å². The Morgan fingerprint density at radius 2 is 1.76 bits per heavy atom. The number of nitrogens with zero attached hydrogens (tertiary/aromatic N) is 1. The number of aromatic nitrogens is 1. The van der Waals surface area contributed by atoms with Crippen molar-refractivity contribution in [3.05, 3.63) is 45.6 Å². The van der Waals surface area contributed by atoms with Gasteiger partial charge in [0.2, 0.25) is 0 Å². The number of pyridine rings is 1. The molecule has 7 heteroatoms. The number of carbonyl (C=O) groups is 1. The van der Waals surface area contributed by atoms with Crippen LogP contribution in [0.5, 0.6) is 5.75 Å². The molecule has 21 heavy (non-hydrogen) atoms. The number of carboxylic acid groups (broad SMARTS) is 1. The van der Waals surface area contributed by atoms with Crippen molar-refractivity contribution >= 4 is 49.6 Å². The van der Waals surface area contributed by atoms with Gasteiger partial charge in [0, 0.05) is 9.79 Å². The summed E-state index contributed by atoms with van der Waals surface area (Å²) in [5, 5.41) is 8.80. The molecule has 0 saturated carbocycles. The average Bonchev–Trinajstić information content (AvgIpc) is 2.39. The molecule has 0 bridgehead atoms. The molecule has 0 aliphatic heterocycles.